The van der Waals surface area contributed by atoms with Gasteiger partial charge in [-0.3, -0.25) is 9.63 Å². The number of ether oxygens (including phenoxy) is 1. The fraction of sp³-hybridized carbons (Fsp3) is 0.304. The van der Waals surface area contributed by atoms with Crippen LogP contribution in [0.4, 0.5) is 4.39 Å². The average Bonchev–Trinajstić information content (AvgIpc) is 3.44. The lowest BCUT2D eigenvalue weighted by Crippen LogP contribution is -2.27. The number of hydrogen-bond acceptors (Lipinski definition) is 4. The maximum absolute atomic E-state index is 14.5. The Kier molecular flexibility index (Phi) is 5.55. The van der Waals surface area contributed by atoms with E-state index in [9.17, 15) is 9.18 Å². The fourth-order valence-corrected chi connectivity index (χ4v) is 3.65. The number of benzene rings is 2. The number of carbonyl (C=O) groups is 1. The van der Waals surface area contributed by atoms with Crippen molar-refractivity contribution in [3.63, 3.8) is 0 Å². The number of carbonyl (C=O) groups excluding carboxylic acids is 1. The van der Waals surface area contributed by atoms with Gasteiger partial charge in [-0.1, -0.05) is 18.2 Å². The summed E-state index contributed by atoms with van der Waals surface area (Å²) in [5.41, 5.74) is 3.14. The molecule has 3 aromatic rings. The molecule has 4 rings (SSSR count). The van der Waals surface area contributed by atoms with Crippen molar-refractivity contribution in [2.45, 2.75) is 19.3 Å². The molecule has 6 nitrogen and oxygen atoms in total. The monoisotopic (exact) mass is 409 g/mol. The van der Waals surface area contributed by atoms with Crippen LogP contribution in [0.15, 0.2) is 54.7 Å². The van der Waals surface area contributed by atoms with Crippen molar-refractivity contribution < 1.29 is 18.8 Å². The van der Waals surface area contributed by atoms with Crippen LogP contribution in [-0.2, 0) is 9.63 Å². The molecule has 0 radical (unpaired) electrons. The quantitative estimate of drug-likeness (QED) is 0.549. The maximum atomic E-state index is 14.5. The molecule has 0 bridgehead atoms. The van der Waals surface area contributed by atoms with E-state index >= 15 is 0 Å². The number of nitrogens with zero attached hydrogens (tertiary/aromatic N) is 3. The van der Waals surface area contributed by atoms with Gasteiger partial charge in [0, 0.05) is 36.2 Å². The zero-order valence-electron chi connectivity index (χ0n) is 17.2. The molecule has 2 aromatic carbocycles. The molecule has 2 atom stereocenters. The highest BCUT2D eigenvalue weighted by Gasteiger charge is 2.47. The van der Waals surface area contributed by atoms with Crippen LogP contribution in [0.1, 0.15) is 24.8 Å². The molecule has 1 saturated carbocycles. The van der Waals surface area contributed by atoms with E-state index in [1.54, 1.807) is 23.9 Å². The van der Waals surface area contributed by atoms with Crippen LogP contribution < -0.4 is 4.74 Å². The minimum Gasteiger partial charge on any atom is -0.491 e. The summed E-state index contributed by atoms with van der Waals surface area (Å²) in [6.07, 6.45) is 2.64. The third-order valence-electron chi connectivity index (χ3n) is 5.36. The van der Waals surface area contributed by atoms with E-state index in [1.165, 1.54) is 18.2 Å². The van der Waals surface area contributed by atoms with Crippen molar-refractivity contribution in [3.05, 3.63) is 66.1 Å². The number of aromatic nitrogens is 2. The number of halogens is 1. The average molecular weight is 409 g/mol. The Bertz CT molecular complexity index is 1050. The van der Waals surface area contributed by atoms with E-state index in [2.05, 4.69) is 0 Å². The van der Waals surface area contributed by atoms with Crippen LogP contribution >= 0.6 is 0 Å². The number of rotatable bonds is 7. The van der Waals surface area contributed by atoms with Gasteiger partial charge >= 0.3 is 0 Å². The van der Waals surface area contributed by atoms with Gasteiger partial charge < -0.3 is 4.74 Å². The second kappa shape index (κ2) is 8.28. The first-order valence-corrected chi connectivity index (χ1v) is 9.92. The minimum atomic E-state index is -0.433. The van der Waals surface area contributed by atoms with E-state index in [-0.39, 0.29) is 23.5 Å². The molecular formula is C23H24FN3O3. The van der Waals surface area contributed by atoms with Gasteiger partial charge in [0.25, 0.3) is 0 Å². The minimum absolute atomic E-state index is 0.0113. The highest BCUT2D eigenvalue weighted by molar-refractivity contribution is 5.83. The number of amides is 1. The molecule has 1 aliphatic rings. The Morgan fingerprint density at radius 2 is 2.03 bits per heavy atom. The normalized spacial score (nSPS) is 17.6. The molecule has 1 aliphatic carbocycles. The Labute approximate surface area is 174 Å². The fourth-order valence-electron chi connectivity index (χ4n) is 3.65. The predicted octanol–water partition coefficient (Wildman–Crippen LogP) is 4.20. The largest absolute Gasteiger partial charge is 0.491 e. The Morgan fingerprint density at radius 3 is 2.70 bits per heavy atom. The van der Waals surface area contributed by atoms with Crippen LogP contribution in [0.3, 0.4) is 0 Å². The standard InChI is InChI=1S/C23H24FN3O3/c1-4-30-21-11-10-15(12-20(21)24)22-19(17-13-18(17)23(28)26(2)29-3)14-27(25-22)16-8-6-5-7-9-16/h5-12,14,17-18H,4,13H2,1-3H3. The molecule has 1 aromatic heterocycles. The van der Waals surface area contributed by atoms with Gasteiger partial charge in [0.1, 0.15) is 0 Å². The molecule has 1 fully saturated rings. The third kappa shape index (κ3) is 3.80. The lowest BCUT2D eigenvalue weighted by atomic mass is 10.0. The first kappa shape index (κ1) is 20.1. The predicted molar refractivity (Wildman–Crippen MR) is 111 cm³/mol. The molecule has 156 valence electrons. The molecule has 0 spiro atoms. The van der Waals surface area contributed by atoms with E-state index in [0.29, 0.717) is 24.3 Å². The van der Waals surface area contributed by atoms with Gasteiger partial charge in [-0.15, -0.1) is 0 Å². The topological polar surface area (TPSA) is 56.6 Å². The van der Waals surface area contributed by atoms with Crippen molar-refractivity contribution in [1.82, 2.24) is 14.8 Å². The van der Waals surface area contributed by atoms with E-state index in [0.717, 1.165) is 11.3 Å². The highest BCUT2D eigenvalue weighted by Crippen LogP contribution is 2.51. The Hall–Kier alpha value is -3.19. The summed E-state index contributed by atoms with van der Waals surface area (Å²) in [6.45, 7) is 2.21. The van der Waals surface area contributed by atoms with Crippen molar-refractivity contribution in [2.75, 3.05) is 20.8 Å². The highest BCUT2D eigenvalue weighted by atomic mass is 19.1. The summed E-state index contributed by atoms with van der Waals surface area (Å²) < 4.78 is 21.6. The summed E-state index contributed by atoms with van der Waals surface area (Å²) in [5.74, 6) is -0.450. The SMILES string of the molecule is CCOc1ccc(-c2nn(-c3ccccc3)cc2C2CC2C(=O)N(C)OC)cc1F. The van der Waals surface area contributed by atoms with Crippen LogP contribution in [0, 0.1) is 11.7 Å². The van der Waals surface area contributed by atoms with Gasteiger partial charge in [0.05, 0.1) is 25.1 Å². The second-order valence-corrected chi connectivity index (χ2v) is 7.26. The summed E-state index contributed by atoms with van der Waals surface area (Å²) in [4.78, 5) is 17.6. The van der Waals surface area contributed by atoms with Gasteiger partial charge in [-0.25, -0.2) is 14.1 Å². The van der Waals surface area contributed by atoms with E-state index in [1.807, 2.05) is 43.5 Å². The lowest BCUT2D eigenvalue weighted by Gasteiger charge is -2.13. The molecule has 7 heteroatoms. The molecule has 1 amide bonds. The second-order valence-electron chi connectivity index (χ2n) is 7.26. The van der Waals surface area contributed by atoms with Crippen molar-refractivity contribution >= 4 is 5.91 Å². The summed E-state index contributed by atoms with van der Waals surface area (Å²) in [6, 6.07) is 14.6. The first-order chi connectivity index (χ1) is 14.5. The van der Waals surface area contributed by atoms with Crippen LogP contribution in [0.5, 0.6) is 5.75 Å². The van der Waals surface area contributed by atoms with Crippen molar-refractivity contribution in [2.24, 2.45) is 5.92 Å². The van der Waals surface area contributed by atoms with Crippen molar-refractivity contribution in [3.8, 4) is 22.7 Å². The number of para-hydroxylation sites is 1. The summed E-state index contributed by atoms with van der Waals surface area (Å²) >= 11 is 0. The smallest absolute Gasteiger partial charge is 0.249 e. The molecule has 1 heterocycles. The molecule has 30 heavy (non-hydrogen) atoms. The third-order valence-corrected chi connectivity index (χ3v) is 5.36. The zero-order chi connectivity index (χ0) is 21.3. The molecule has 0 aliphatic heterocycles. The van der Waals surface area contributed by atoms with Crippen LogP contribution in [0.25, 0.3) is 16.9 Å². The van der Waals surface area contributed by atoms with Crippen molar-refractivity contribution in [1.29, 1.82) is 0 Å². The Balaban J connectivity index is 1.73. The summed E-state index contributed by atoms with van der Waals surface area (Å²) in [5, 5.41) is 5.99. The van der Waals surface area contributed by atoms with Gasteiger partial charge in [0.2, 0.25) is 5.91 Å². The number of hydrogen-bond donors (Lipinski definition) is 0. The van der Waals surface area contributed by atoms with Crippen LogP contribution in [0.2, 0.25) is 0 Å². The number of hydroxylamine groups is 2. The van der Waals surface area contributed by atoms with E-state index < -0.39 is 5.82 Å². The molecule has 2 unspecified atom stereocenters. The van der Waals surface area contributed by atoms with Crippen LogP contribution in [-0.4, -0.2) is 41.5 Å². The van der Waals surface area contributed by atoms with Gasteiger partial charge in [-0.05, 0) is 43.7 Å². The van der Waals surface area contributed by atoms with E-state index in [4.69, 9.17) is 14.7 Å². The first-order valence-electron chi connectivity index (χ1n) is 9.92. The zero-order valence-corrected chi connectivity index (χ0v) is 17.2. The van der Waals surface area contributed by atoms with Gasteiger partial charge in [-0.2, -0.15) is 5.10 Å². The molecule has 0 N–H and O–H groups in total. The summed E-state index contributed by atoms with van der Waals surface area (Å²) in [7, 11) is 3.07. The van der Waals surface area contributed by atoms with Gasteiger partial charge in [0.15, 0.2) is 11.6 Å². The molecule has 0 saturated heterocycles. The molecular weight excluding hydrogens is 385 g/mol. The maximum Gasteiger partial charge on any atom is 0.249 e. The lowest BCUT2D eigenvalue weighted by molar-refractivity contribution is -0.170. The Morgan fingerprint density at radius 1 is 1.27 bits per heavy atom.